The maximum atomic E-state index is 14.9. The van der Waals surface area contributed by atoms with Crippen LogP contribution in [0.15, 0.2) is 91.0 Å². The lowest BCUT2D eigenvalue weighted by Gasteiger charge is -2.35. The standard InChI is InChI=1S/C31H23F10NO2/c32-27-14-22(30(36,37)38)12-11-20(27)16-42(28(17-43)25-9-1-2-10-26(25)31(39,40)41)23-7-4-8-24(15-23)44-18-19-5-3-6-21(13-19)29(33,34)35/h1-15,28,43H,16-18H2. The van der Waals surface area contributed by atoms with Gasteiger partial charge in [-0.25, -0.2) is 4.39 Å². The Labute approximate surface area is 244 Å². The summed E-state index contributed by atoms with van der Waals surface area (Å²) in [7, 11) is 0. The first-order valence-electron chi connectivity index (χ1n) is 12.9. The van der Waals surface area contributed by atoms with Crippen molar-refractivity contribution in [1.29, 1.82) is 0 Å². The largest absolute Gasteiger partial charge is 0.489 e. The van der Waals surface area contributed by atoms with Gasteiger partial charge in [0.15, 0.2) is 0 Å². The Morgan fingerprint density at radius 3 is 1.98 bits per heavy atom. The fourth-order valence-electron chi connectivity index (χ4n) is 4.58. The van der Waals surface area contributed by atoms with Gasteiger partial charge in [-0.3, -0.25) is 0 Å². The highest BCUT2D eigenvalue weighted by molar-refractivity contribution is 5.54. The van der Waals surface area contributed by atoms with Crippen molar-refractivity contribution in [2.45, 2.75) is 37.7 Å². The van der Waals surface area contributed by atoms with E-state index in [2.05, 4.69) is 0 Å². The molecule has 1 atom stereocenters. The number of aliphatic hydroxyl groups excluding tert-OH is 1. The Morgan fingerprint density at radius 2 is 1.34 bits per heavy atom. The summed E-state index contributed by atoms with van der Waals surface area (Å²) >= 11 is 0. The van der Waals surface area contributed by atoms with Crippen LogP contribution in [0.2, 0.25) is 0 Å². The molecular weight excluding hydrogens is 608 g/mol. The van der Waals surface area contributed by atoms with Crippen LogP contribution in [0.3, 0.4) is 0 Å². The molecule has 0 radical (unpaired) electrons. The van der Waals surface area contributed by atoms with Crippen LogP contribution in [-0.4, -0.2) is 11.7 Å². The van der Waals surface area contributed by atoms with E-state index in [9.17, 15) is 49.0 Å². The molecule has 1 N–H and O–H groups in total. The van der Waals surface area contributed by atoms with E-state index in [1.807, 2.05) is 0 Å². The second-order valence-corrected chi connectivity index (χ2v) is 9.70. The molecule has 4 aromatic rings. The first-order valence-corrected chi connectivity index (χ1v) is 12.9. The second kappa shape index (κ2) is 12.8. The lowest BCUT2D eigenvalue weighted by molar-refractivity contribution is -0.139. The van der Waals surface area contributed by atoms with Crippen molar-refractivity contribution in [1.82, 2.24) is 0 Å². The van der Waals surface area contributed by atoms with Gasteiger partial charge >= 0.3 is 18.5 Å². The van der Waals surface area contributed by atoms with Crippen LogP contribution >= 0.6 is 0 Å². The molecule has 0 aromatic heterocycles. The van der Waals surface area contributed by atoms with Gasteiger partial charge in [0.05, 0.1) is 29.3 Å². The van der Waals surface area contributed by atoms with E-state index < -0.39 is 60.2 Å². The van der Waals surface area contributed by atoms with Crippen molar-refractivity contribution in [3.63, 3.8) is 0 Å². The molecule has 0 bridgehead atoms. The highest BCUT2D eigenvalue weighted by Crippen LogP contribution is 2.39. The summed E-state index contributed by atoms with van der Waals surface area (Å²) in [6.45, 7) is -1.80. The zero-order valence-electron chi connectivity index (χ0n) is 22.4. The second-order valence-electron chi connectivity index (χ2n) is 9.70. The Morgan fingerprint density at radius 1 is 0.682 bits per heavy atom. The maximum Gasteiger partial charge on any atom is 0.416 e. The van der Waals surface area contributed by atoms with Gasteiger partial charge in [-0.2, -0.15) is 39.5 Å². The fourth-order valence-corrected chi connectivity index (χ4v) is 4.58. The van der Waals surface area contributed by atoms with Crippen LogP contribution < -0.4 is 9.64 Å². The highest BCUT2D eigenvalue weighted by Gasteiger charge is 2.37. The maximum absolute atomic E-state index is 14.9. The fraction of sp³-hybridized carbons (Fsp3) is 0.226. The SMILES string of the molecule is OCC(c1ccccc1C(F)(F)F)N(Cc1ccc(C(F)(F)F)cc1F)c1cccc(OCc2cccc(C(F)(F)F)c2)c1. The molecule has 0 saturated carbocycles. The normalized spacial score (nSPS) is 13.1. The summed E-state index contributed by atoms with van der Waals surface area (Å²) in [5, 5.41) is 10.3. The Kier molecular flexibility index (Phi) is 9.47. The van der Waals surface area contributed by atoms with Crippen LogP contribution in [0.25, 0.3) is 0 Å². The highest BCUT2D eigenvalue weighted by atomic mass is 19.4. The molecule has 0 aliphatic carbocycles. The molecule has 13 heteroatoms. The van der Waals surface area contributed by atoms with Crippen LogP contribution in [-0.2, 0) is 31.7 Å². The number of aliphatic hydroxyl groups is 1. The van der Waals surface area contributed by atoms with Crippen LogP contribution in [0.1, 0.15) is 39.4 Å². The molecular formula is C31H23F10NO2. The van der Waals surface area contributed by atoms with Crippen molar-refractivity contribution < 1.29 is 53.7 Å². The third-order valence-corrected chi connectivity index (χ3v) is 6.70. The summed E-state index contributed by atoms with van der Waals surface area (Å²) in [5.74, 6) is -1.21. The minimum Gasteiger partial charge on any atom is -0.489 e. The first-order chi connectivity index (χ1) is 20.6. The van der Waals surface area contributed by atoms with Gasteiger partial charge in [-0.1, -0.05) is 42.5 Å². The molecule has 1 unspecified atom stereocenters. The average Bonchev–Trinajstić information content (AvgIpc) is 2.96. The Bertz CT molecular complexity index is 1580. The van der Waals surface area contributed by atoms with Crippen LogP contribution in [0, 0.1) is 5.82 Å². The van der Waals surface area contributed by atoms with Crippen LogP contribution in [0.4, 0.5) is 49.6 Å². The number of alkyl halides is 9. The van der Waals surface area contributed by atoms with Gasteiger partial charge < -0.3 is 14.7 Å². The number of hydrogen-bond donors (Lipinski definition) is 1. The Hall–Kier alpha value is -4.26. The summed E-state index contributed by atoms with van der Waals surface area (Å²) in [6.07, 6.45) is -14.3. The number of halogens is 10. The number of rotatable bonds is 9. The van der Waals surface area contributed by atoms with E-state index in [0.29, 0.717) is 6.07 Å². The smallest absolute Gasteiger partial charge is 0.416 e. The molecule has 4 aromatic carbocycles. The lowest BCUT2D eigenvalue weighted by atomic mass is 9.97. The van der Waals surface area contributed by atoms with Crippen molar-refractivity contribution in [3.8, 4) is 5.75 Å². The molecule has 0 heterocycles. The molecule has 44 heavy (non-hydrogen) atoms. The van der Waals surface area contributed by atoms with E-state index in [1.165, 1.54) is 47.4 Å². The number of benzene rings is 4. The zero-order valence-corrected chi connectivity index (χ0v) is 22.4. The van der Waals surface area contributed by atoms with Crippen molar-refractivity contribution >= 4 is 5.69 Å². The minimum absolute atomic E-state index is 0.0681. The summed E-state index contributed by atoms with van der Waals surface area (Å²) in [6, 6.07) is 14.6. The zero-order chi connectivity index (χ0) is 32.3. The molecule has 3 nitrogen and oxygen atoms in total. The minimum atomic E-state index is -4.84. The monoisotopic (exact) mass is 631 g/mol. The molecule has 0 fully saturated rings. The predicted molar refractivity (Wildman–Crippen MR) is 141 cm³/mol. The third kappa shape index (κ3) is 7.81. The molecule has 4 rings (SSSR count). The molecule has 0 saturated heterocycles. The van der Waals surface area contributed by atoms with E-state index in [1.54, 1.807) is 0 Å². The number of anilines is 1. The third-order valence-electron chi connectivity index (χ3n) is 6.70. The quantitative estimate of drug-likeness (QED) is 0.187. The molecule has 0 aliphatic heterocycles. The summed E-state index contributed by atoms with van der Waals surface area (Å²) in [5.41, 5.74) is -3.69. The number of ether oxygens (including phenoxy) is 1. The summed E-state index contributed by atoms with van der Waals surface area (Å²) in [4.78, 5) is 1.17. The molecule has 234 valence electrons. The van der Waals surface area contributed by atoms with Gasteiger partial charge in [-0.05, 0) is 53.6 Å². The van der Waals surface area contributed by atoms with Crippen LogP contribution in [0.5, 0.6) is 5.75 Å². The first kappa shape index (κ1) is 32.6. The van der Waals surface area contributed by atoms with Gasteiger partial charge in [0.1, 0.15) is 18.2 Å². The Balaban J connectivity index is 1.74. The molecule has 0 spiro atoms. The topological polar surface area (TPSA) is 32.7 Å². The molecule has 0 aliphatic rings. The summed E-state index contributed by atoms with van der Waals surface area (Å²) < 4.78 is 141. The van der Waals surface area contributed by atoms with Gasteiger partial charge in [0, 0.05) is 23.9 Å². The van der Waals surface area contributed by atoms with E-state index in [4.69, 9.17) is 4.74 Å². The van der Waals surface area contributed by atoms with Crippen molar-refractivity contribution in [3.05, 3.63) is 130 Å². The average molecular weight is 632 g/mol. The number of nitrogens with zero attached hydrogens (tertiary/aromatic N) is 1. The van der Waals surface area contributed by atoms with E-state index in [0.717, 1.165) is 36.4 Å². The lowest BCUT2D eigenvalue weighted by Crippen LogP contribution is -2.32. The van der Waals surface area contributed by atoms with E-state index in [-0.39, 0.29) is 40.8 Å². The van der Waals surface area contributed by atoms with Crippen molar-refractivity contribution in [2.75, 3.05) is 11.5 Å². The van der Waals surface area contributed by atoms with E-state index >= 15 is 0 Å². The van der Waals surface area contributed by atoms with Gasteiger partial charge in [0.25, 0.3) is 0 Å². The van der Waals surface area contributed by atoms with Gasteiger partial charge in [-0.15, -0.1) is 0 Å². The molecule has 0 amide bonds. The predicted octanol–water partition coefficient (Wildman–Crippen LogP) is 9.20. The van der Waals surface area contributed by atoms with Crippen molar-refractivity contribution in [2.24, 2.45) is 0 Å². The van der Waals surface area contributed by atoms with Gasteiger partial charge in [0.2, 0.25) is 0 Å². The number of hydrogen-bond acceptors (Lipinski definition) is 3.